The summed E-state index contributed by atoms with van der Waals surface area (Å²) in [6, 6.07) is 7.96. The lowest BCUT2D eigenvalue weighted by Gasteiger charge is -2.27. The summed E-state index contributed by atoms with van der Waals surface area (Å²) in [7, 11) is -1.28. The van der Waals surface area contributed by atoms with Gasteiger partial charge in [0, 0.05) is 19.7 Å². The molecule has 0 aliphatic carbocycles. The first-order valence-corrected chi connectivity index (χ1v) is 18.3. The summed E-state index contributed by atoms with van der Waals surface area (Å²) in [6.45, 7) is 10.8. The molecule has 284 valence electrons. The van der Waals surface area contributed by atoms with E-state index in [1.54, 1.807) is 67.8 Å². The Morgan fingerprint density at radius 1 is 0.923 bits per heavy atom. The van der Waals surface area contributed by atoms with E-state index in [-0.39, 0.29) is 17.5 Å². The lowest BCUT2D eigenvalue weighted by atomic mass is 10.0. The minimum absolute atomic E-state index is 0.0456. The molecule has 52 heavy (non-hydrogen) atoms. The Bertz CT molecular complexity index is 1800. The van der Waals surface area contributed by atoms with Crippen molar-refractivity contribution in [3.63, 3.8) is 0 Å². The monoisotopic (exact) mass is 746 g/mol. The number of fused-ring (bicyclic) bond motifs is 1. The fourth-order valence-electron chi connectivity index (χ4n) is 5.04. The van der Waals surface area contributed by atoms with Crippen LogP contribution in [0.3, 0.4) is 0 Å². The highest BCUT2D eigenvalue weighted by molar-refractivity contribution is 7.52. The number of nitrogens with two attached hydrogens (primary N) is 1. The molecule has 18 heteroatoms. The number of carbonyl (C=O) groups excluding carboxylic acids is 4. The summed E-state index contributed by atoms with van der Waals surface area (Å²) in [6.07, 6.45) is -3.96. The molecule has 3 heterocycles. The molecule has 2 aromatic heterocycles. The van der Waals surface area contributed by atoms with E-state index < -0.39 is 80.7 Å². The molecule has 6 atom stereocenters. The molecule has 0 saturated carbocycles. The zero-order valence-corrected chi connectivity index (χ0v) is 31.6. The number of ether oxygens (including phenoxy) is 4. The molecule has 1 aliphatic rings. The summed E-state index contributed by atoms with van der Waals surface area (Å²) in [5.41, 5.74) is 7.27. The Kier molecular flexibility index (Phi) is 13.0. The maximum atomic E-state index is 14.5. The van der Waals surface area contributed by atoms with Gasteiger partial charge in [-0.15, -0.1) is 0 Å². The van der Waals surface area contributed by atoms with Crippen LogP contribution in [0, 0.1) is 11.8 Å². The van der Waals surface area contributed by atoms with Gasteiger partial charge in [-0.05, 0) is 57.2 Å². The summed E-state index contributed by atoms with van der Waals surface area (Å²) in [5.74, 6) is -3.09. The van der Waals surface area contributed by atoms with Gasteiger partial charge in [-0.2, -0.15) is 10.2 Å². The number of hydrogen-bond donors (Lipinski definition) is 2. The number of aromatic nitrogens is 3. The third-order valence-corrected chi connectivity index (χ3v) is 9.40. The van der Waals surface area contributed by atoms with Gasteiger partial charge >= 0.3 is 25.7 Å². The number of nitrogens with one attached hydrogen (secondary N) is 1. The number of carbonyl (C=O) groups is 4. The quantitative estimate of drug-likeness (QED) is 0.129. The molecule has 3 aromatic rings. The maximum absolute atomic E-state index is 14.5. The van der Waals surface area contributed by atoms with Crippen LogP contribution in [0.15, 0.2) is 42.7 Å². The topological polar surface area (TPSA) is 212 Å². The lowest BCUT2D eigenvalue weighted by Crippen LogP contribution is -2.42. The van der Waals surface area contributed by atoms with Gasteiger partial charge in [0.1, 0.15) is 35.8 Å². The summed E-state index contributed by atoms with van der Waals surface area (Å²) in [5, 5.41) is 6.89. The standard InChI is InChI=1S/C34H47N6O11P/c1-18(2)32(42)49-28-26(48-27(29(28)50-33(43)19(3)4)24-14-15-25-30(35)36-17-37-40(24)25)16-46-52(45,38-21(7)34(44)47-20(5)6)51-23-12-10-22(11-13-23)31(41)39(8)9/h10-15,17-21,26-29H,16H2,1-9H3,(H,38,45)(H2,35,36,37)/t21-,26+,27-,28+,29-,52?/m0/s1. The van der Waals surface area contributed by atoms with Crippen LogP contribution >= 0.6 is 7.75 Å². The van der Waals surface area contributed by atoms with E-state index in [1.165, 1.54) is 46.9 Å². The van der Waals surface area contributed by atoms with Gasteiger partial charge in [-0.25, -0.2) is 14.1 Å². The van der Waals surface area contributed by atoms with E-state index in [0.29, 0.717) is 16.8 Å². The third-order valence-electron chi connectivity index (χ3n) is 7.76. The molecule has 1 fully saturated rings. The number of nitrogens with zero attached hydrogens (tertiary/aromatic N) is 4. The highest BCUT2D eigenvalue weighted by Crippen LogP contribution is 2.47. The van der Waals surface area contributed by atoms with Crippen molar-refractivity contribution in [1.29, 1.82) is 0 Å². The second kappa shape index (κ2) is 16.8. The largest absolute Gasteiger partial charge is 0.462 e. The van der Waals surface area contributed by atoms with Gasteiger partial charge < -0.3 is 34.1 Å². The number of esters is 3. The van der Waals surface area contributed by atoms with E-state index >= 15 is 0 Å². The molecule has 3 N–H and O–H groups in total. The SMILES string of the molecule is CC(C)OC(=O)[C@H](C)NP(=O)(OC[C@H]1O[C@@H](c2ccc3c(N)ncnn23)[C@H](OC(=O)C(C)C)[C@@H]1OC(=O)C(C)C)Oc1ccc(C(=O)N(C)C)cc1. The Balaban J connectivity index is 1.71. The molecular weight excluding hydrogens is 699 g/mol. The van der Waals surface area contributed by atoms with Gasteiger partial charge in [-0.1, -0.05) is 27.7 Å². The predicted molar refractivity (Wildman–Crippen MR) is 187 cm³/mol. The zero-order valence-electron chi connectivity index (χ0n) is 30.7. The van der Waals surface area contributed by atoms with Crippen LogP contribution in [-0.4, -0.2) is 94.5 Å². The van der Waals surface area contributed by atoms with Crippen LogP contribution in [-0.2, 0) is 42.4 Å². The van der Waals surface area contributed by atoms with Crippen LogP contribution in [0.2, 0.25) is 0 Å². The Hall–Kier alpha value is -4.57. The molecular formula is C34H47N6O11P. The van der Waals surface area contributed by atoms with Crippen molar-refractivity contribution in [2.24, 2.45) is 11.8 Å². The molecule has 1 aliphatic heterocycles. The number of hydrogen-bond acceptors (Lipinski definition) is 14. The molecule has 1 amide bonds. The van der Waals surface area contributed by atoms with Gasteiger partial charge in [0.15, 0.2) is 18.0 Å². The van der Waals surface area contributed by atoms with Crippen molar-refractivity contribution >= 4 is 42.9 Å². The smallest absolute Gasteiger partial charge is 0.459 e. The Morgan fingerprint density at radius 3 is 2.12 bits per heavy atom. The van der Waals surface area contributed by atoms with Gasteiger partial charge in [-0.3, -0.25) is 23.7 Å². The number of nitrogen functional groups attached to an aromatic ring is 1. The predicted octanol–water partition coefficient (Wildman–Crippen LogP) is 3.72. The lowest BCUT2D eigenvalue weighted by molar-refractivity contribution is -0.171. The molecule has 17 nitrogen and oxygen atoms in total. The number of rotatable bonds is 15. The first kappa shape index (κ1) is 40.2. The van der Waals surface area contributed by atoms with E-state index in [2.05, 4.69) is 15.2 Å². The molecule has 0 radical (unpaired) electrons. The number of amides is 1. The van der Waals surface area contributed by atoms with Crippen LogP contribution in [0.25, 0.3) is 5.52 Å². The van der Waals surface area contributed by atoms with Gasteiger partial charge in [0.25, 0.3) is 5.91 Å². The van der Waals surface area contributed by atoms with E-state index in [1.807, 2.05) is 0 Å². The Morgan fingerprint density at radius 2 is 1.54 bits per heavy atom. The second-order valence-electron chi connectivity index (χ2n) is 13.4. The first-order valence-electron chi connectivity index (χ1n) is 16.8. The Labute approximate surface area is 302 Å². The maximum Gasteiger partial charge on any atom is 0.459 e. The number of benzene rings is 1. The van der Waals surface area contributed by atoms with Crippen molar-refractivity contribution in [2.45, 2.75) is 85.0 Å². The normalized spacial score (nSPS) is 20.5. The van der Waals surface area contributed by atoms with Gasteiger partial charge in [0.05, 0.1) is 30.2 Å². The average Bonchev–Trinajstić information content (AvgIpc) is 3.65. The molecule has 4 rings (SSSR count). The average molecular weight is 747 g/mol. The van der Waals surface area contributed by atoms with Crippen molar-refractivity contribution in [1.82, 2.24) is 24.6 Å². The van der Waals surface area contributed by atoms with E-state index in [4.69, 9.17) is 33.7 Å². The summed E-state index contributed by atoms with van der Waals surface area (Å²) >= 11 is 0. The van der Waals surface area contributed by atoms with Crippen molar-refractivity contribution in [3.05, 3.63) is 54.0 Å². The zero-order chi connectivity index (χ0) is 38.5. The second-order valence-corrected chi connectivity index (χ2v) is 15.0. The molecule has 0 spiro atoms. The molecule has 0 bridgehead atoms. The highest BCUT2D eigenvalue weighted by Gasteiger charge is 2.52. The van der Waals surface area contributed by atoms with Crippen LogP contribution in [0.1, 0.15) is 70.6 Å². The van der Waals surface area contributed by atoms with Gasteiger partial charge in [0.2, 0.25) is 0 Å². The minimum Gasteiger partial charge on any atom is -0.462 e. The summed E-state index contributed by atoms with van der Waals surface area (Å²) < 4.78 is 51.2. The van der Waals surface area contributed by atoms with Crippen molar-refractivity contribution in [2.75, 3.05) is 26.4 Å². The number of anilines is 1. The van der Waals surface area contributed by atoms with Crippen LogP contribution in [0.4, 0.5) is 5.82 Å². The molecule has 1 saturated heterocycles. The highest BCUT2D eigenvalue weighted by atomic mass is 31.2. The summed E-state index contributed by atoms with van der Waals surface area (Å²) in [4.78, 5) is 56.7. The molecule has 1 unspecified atom stereocenters. The first-order chi connectivity index (χ1) is 24.4. The van der Waals surface area contributed by atoms with Crippen LogP contribution in [0.5, 0.6) is 5.75 Å². The molecule has 1 aromatic carbocycles. The fourth-order valence-corrected chi connectivity index (χ4v) is 6.54. The van der Waals surface area contributed by atoms with Crippen molar-refractivity contribution < 1.29 is 51.7 Å². The minimum atomic E-state index is -4.49. The third kappa shape index (κ3) is 9.64. The fraction of sp³-hybridized carbons (Fsp3) is 0.529. The van der Waals surface area contributed by atoms with Crippen LogP contribution < -0.4 is 15.3 Å². The van der Waals surface area contributed by atoms with Crippen molar-refractivity contribution in [3.8, 4) is 5.75 Å². The van der Waals surface area contributed by atoms with E-state index in [9.17, 15) is 23.7 Å². The van der Waals surface area contributed by atoms with E-state index in [0.717, 1.165) is 0 Å².